The van der Waals surface area contributed by atoms with Gasteiger partial charge in [-0.25, -0.2) is 5.43 Å². The summed E-state index contributed by atoms with van der Waals surface area (Å²) in [6.45, 7) is 4.06. The maximum Gasteiger partial charge on any atom is 0.261 e. The molecule has 4 rings (SSSR count). The van der Waals surface area contributed by atoms with Crippen molar-refractivity contribution in [3.05, 3.63) is 101 Å². The van der Waals surface area contributed by atoms with Crippen molar-refractivity contribution >= 4 is 22.9 Å². The van der Waals surface area contributed by atoms with Gasteiger partial charge in [0, 0.05) is 22.6 Å². The van der Waals surface area contributed by atoms with Crippen molar-refractivity contribution in [2.45, 2.75) is 19.8 Å². The van der Waals surface area contributed by atoms with Gasteiger partial charge in [-0.3, -0.25) is 4.79 Å². The Hall–Kier alpha value is -4.17. The van der Waals surface area contributed by atoms with Crippen LogP contribution in [0.15, 0.2) is 84.0 Å². The second kappa shape index (κ2) is 8.68. The van der Waals surface area contributed by atoms with E-state index >= 15 is 0 Å². The standard InChI is InChI=1S/C26H22N4O/c1-18-14-23(17-28-29-26(31)25(16-27)21-9-4-3-5-10-21)19(2)30(18)24-13-12-20-8-6-7-11-22(20)15-24/h3-15,17,25H,1-2H3,(H,29,31)/b28-17-/t25-/m0/s1. The first-order chi connectivity index (χ1) is 15.1. The first-order valence-electron chi connectivity index (χ1n) is 10.0. The van der Waals surface area contributed by atoms with Gasteiger partial charge >= 0.3 is 0 Å². The monoisotopic (exact) mass is 406 g/mol. The van der Waals surface area contributed by atoms with Gasteiger partial charge in [-0.15, -0.1) is 0 Å². The van der Waals surface area contributed by atoms with Gasteiger partial charge < -0.3 is 4.57 Å². The fraction of sp³-hybridized carbons (Fsp3) is 0.115. The van der Waals surface area contributed by atoms with E-state index in [-0.39, 0.29) is 0 Å². The molecule has 5 heteroatoms. The van der Waals surface area contributed by atoms with Crippen molar-refractivity contribution in [1.82, 2.24) is 9.99 Å². The molecule has 0 radical (unpaired) electrons. The van der Waals surface area contributed by atoms with Crippen molar-refractivity contribution in [3.63, 3.8) is 0 Å². The molecule has 0 fully saturated rings. The second-order valence-corrected chi connectivity index (χ2v) is 7.40. The minimum Gasteiger partial charge on any atom is -0.318 e. The summed E-state index contributed by atoms with van der Waals surface area (Å²) in [5, 5.41) is 15.9. The minimum atomic E-state index is -0.900. The molecule has 1 atom stereocenters. The van der Waals surface area contributed by atoms with Crippen molar-refractivity contribution in [2.24, 2.45) is 5.10 Å². The SMILES string of the molecule is Cc1cc(/C=N\NC(=O)[C@@H](C#N)c2ccccc2)c(C)n1-c1ccc2ccccc2c1. The molecule has 1 amide bonds. The number of hydrogen-bond donors (Lipinski definition) is 1. The minimum absolute atomic E-state index is 0.451. The van der Waals surface area contributed by atoms with Crippen LogP contribution in [0, 0.1) is 25.2 Å². The largest absolute Gasteiger partial charge is 0.318 e. The zero-order valence-corrected chi connectivity index (χ0v) is 17.4. The molecule has 0 saturated carbocycles. The highest BCUT2D eigenvalue weighted by Crippen LogP contribution is 2.23. The fourth-order valence-electron chi connectivity index (χ4n) is 3.79. The van der Waals surface area contributed by atoms with Crippen LogP contribution in [0.2, 0.25) is 0 Å². The summed E-state index contributed by atoms with van der Waals surface area (Å²) in [4.78, 5) is 12.4. The Labute approximate surface area is 181 Å². The number of carbonyl (C=O) groups excluding carboxylic acids is 1. The molecule has 0 unspecified atom stereocenters. The molecule has 152 valence electrons. The van der Waals surface area contributed by atoms with Crippen LogP contribution < -0.4 is 5.43 Å². The highest BCUT2D eigenvalue weighted by molar-refractivity contribution is 5.89. The zero-order chi connectivity index (χ0) is 21.8. The summed E-state index contributed by atoms with van der Waals surface area (Å²) in [7, 11) is 0. The Bertz CT molecular complexity index is 1310. The molecular formula is C26H22N4O. The van der Waals surface area contributed by atoms with Gasteiger partial charge in [0.2, 0.25) is 0 Å². The van der Waals surface area contributed by atoms with E-state index in [0.717, 1.165) is 22.6 Å². The van der Waals surface area contributed by atoms with Crippen molar-refractivity contribution < 1.29 is 4.79 Å². The van der Waals surface area contributed by atoms with Gasteiger partial charge in [-0.05, 0) is 48.4 Å². The third kappa shape index (κ3) is 4.10. The third-order valence-electron chi connectivity index (χ3n) is 5.36. The molecule has 0 aliphatic carbocycles. The van der Waals surface area contributed by atoms with Gasteiger partial charge in [-0.2, -0.15) is 10.4 Å². The van der Waals surface area contributed by atoms with Crippen LogP contribution in [0.1, 0.15) is 28.4 Å². The molecule has 0 aliphatic heterocycles. The first-order valence-corrected chi connectivity index (χ1v) is 10.0. The van der Waals surface area contributed by atoms with Crippen molar-refractivity contribution in [1.29, 1.82) is 5.26 Å². The first kappa shape index (κ1) is 20.1. The lowest BCUT2D eigenvalue weighted by Gasteiger charge is -2.11. The summed E-state index contributed by atoms with van der Waals surface area (Å²) in [6.07, 6.45) is 1.62. The molecule has 5 nitrogen and oxygen atoms in total. The molecule has 3 aromatic carbocycles. The molecule has 0 aliphatic rings. The predicted molar refractivity (Wildman–Crippen MR) is 123 cm³/mol. The Morgan fingerprint density at radius 2 is 1.71 bits per heavy atom. The Morgan fingerprint density at radius 1 is 1.00 bits per heavy atom. The van der Waals surface area contributed by atoms with Gasteiger partial charge in [0.25, 0.3) is 5.91 Å². The Morgan fingerprint density at radius 3 is 2.45 bits per heavy atom. The molecule has 31 heavy (non-hydrogen) atoms. The lowest BCUT2D eigenvalue weighted by atomic mass is 10.0. The van der Waals surface area contributed by atoms with Crippen LogP contribution in [0.3, 0.4) is 0 Å². The molecule has 4 aromatic rings. The third-order valence-corrected chi connectivity index (χ3v) is 5.36. The van der Waals surface area contributed by atoms with Crippen LogP contribution >= 0.6 is 0 Å². The second-order valence-electron chi connectivity index (χ2n) is 7.40. The number of nitriles is 1. The Balaban J connectivity index is 1.55. The van der Waals surface area contributed by atoms with E-state index < -0.39 is 11.8 Å². The number of carbonyl (C=O) groups is 1. The normalized spacial score (nSPS) is 12.0. The molecule has 0 bridgehead atoms. The van der Waals surface area contributed by atoms with Crippen LogP contribution in [0.5, 0.6) is 0 Å². The number of fused-ring (bicyclic) bond motifs is 1. The highest BCUT2D eigenvalue weighted by atomic mass is 16.2. The molecule has 1 heterocycles. The summed E-state index contributed by atoms with van der Waals surface area (Å²) in [5.74, 6) is -1.35. The maximum absolute atomic E-state index is 12.4. The fourth-order valence-corrected chi connectivity index (χ4v) is 3.79. The van der Waals surface area contributed by atoms with Gasteiger partial charge in [-0.1, -0.05) is 60.7 Å². The number of rotatable bonds is 5. The summed E-state index contributed by atoms with van der Waals surface area (Å²) in [6, 6.07) is 27.7. The summed E-state index contributed by atoms with van der Waals surface area (Å²) >= 11 is 0. The molecular weight excluding hydrogens is 384 g/mol. The van der Waals surface area contributed by atoms with Crippen LogP contribution in [-0.4, -0.2) is 16.7 Å². The Kier molecular flexibility index (Phi) is 5.63. The number of benzene rings is 3. The molecule has 0 saturated heterocycles. The molecule has 0 spiro atoms. The number of hydrazone groups is 1. The zero-order valence-electron chi connectivity index (χ0n) is 17.4. The molecule has 1 N–H and O–H groups in total. The quantitative estimate of drug-likeness (QED) is 0.374. The van der Waals surface area contributed by atoms with Crippen molar-refractivity contribution in [3.8, 4) is 11.8 Å². The number of aryl methyl sites for hydroxylation is 1. The smallest absolute Gasteiger partial charge is 0.261 e. The highest BCUT2D eigenvalue weighted by Gasteiger charge is 2.19. The van der Waals surface area contributed by atoms with Crippen LogP contribution in [0.4, 0.5) is 0 Å². The predicted octanol–water partition coefficient (Wildman–Crippen LogP) is 5.00. The lowest BCUT2D eigenvalue weighted by molar-refractivity contribution is -0.121. The van der Waals surface area contributed by atoms with E-state index in [1.807, 2.05) is 44.2 Å². The number of hydrogen-bond acceptors (Lipinski definition) is 3. The van der Waals surface area contributed by atoms with Gasteiger partial charge in [0.05, 0.1) is 12.3 Å². The van der Waals surface area contributed by atoms with E-state index in [0.29, 0.717) is 5.56 Å². The summed E-state index contributed by atoms with van der Waals surface area (Å²) < 4.78 is 2.16. The van der Waals surface area contributed by atoms with Crippen molar-refractivity contribution in [2.75, 3.05) is 0 Å². The number of nitrogens with zero attached hydrogens (tertiary/aromatic N) is 3. The van der Waals surface area contributed by atoms with E-state index in [1.54, 1.807) is 30.5 Å². The van der Waals surface area contributed by atoms with E-state index in [2.05, 4.69) is 45.4 Å². The lowest BCUT2D eigenvalue weighted by Crippen LogP contribution is -2.24. The maximum atomic E-state index is 12.4. The number of nitrogens with one attached hydrogen (secondary N) is 1. The topological polar surface area (TPSA) is 70.2 Å². The number of aromatic nitrogens is 1. The van der Waals surface area contributed by atoms with Gasteiger partial charge in [0.1, 0.15) is 0 Å². The van der Waals surface area contributed by atoms with Gasteiger partial charge in [0.15, 0.2) is 5.92 Å². The van der Waals surface area contributed by atoms with E-state index in [9.17, 15) is 10.1 Å². The van der Waals surface area contributed by atoms with E-state index in [1.165, 1.54) is 10.8 Å². The molecule has 1 aromatic heterocycles. The summed E-state index contributed by atoms with van der Waals surface area (Å²) in [5.41, 5.74) is 7.21. The van der Waals surface area contributed by atoms with Crippen LogP contribution in [-0.2, 0) is 4.79 Å². The van der Waals surface area contributed by atoms with Crippen LogP contribution in [0.25, 0.3) is 16.5 Å². The van der Waals surface area contributed by atoms with E-state index in [4.69, 9.17) is 0 Å². The average Bonchev–Trinajstić information content (AvgIpc) is 3.07. The number of amides is 1. The average molecular weight is 406 g/mol.